The summed E-state index contributed by atoms with van der Waals surface area (Å²) in [6, 6.07) is 2.59. The minimum atomic E-state index is -4.71. The molecule has 1 aromatic heterocycles. The first kappa shape index (κ1) is 25.8. The van der Waals surface area contributed by atoms with Crippen LogP contribution in [0.3, 0.4) is 0 Å². The molecule has 198 valence electrons. The predicted octanol–water partition coefficient (Wildman–Crippen LogP) is 4.00. The van der Waals surface area contributed by atoms with E-state index in [1.807, 2.05) is 0 Å². The molecule has 0 aliphatic carbocycles. The van der Waals surface area contributed by atoms with Crippen molar-refractivity contribution in [3.8, 4) is 0 Å². The van der Waals surface area contributed by atoms with Crippen molar-refractivity contribution < 1.29 is 41.4 Å². The van der Waals surface area contributed by atoms with Crippen molar-refractivity contribution in [3.63, 3.8) is 0 Å². The molecule has 0 spiro atoms. The molecule has 37 heavy (non-hydrogen) atoms. The van der Waals surface area contributed by atoms with Crippen molar-refractivity contribution in [1.29, 1.82) is 0 Å². The standard InChI is InChI=1S/C24H22ClF4N3O5/c1-11-8-12(24(27,28)29)9-16(30-11)32-18(19-20(22(32)34)37-23(2,3)36-19)21(33)31-6-7-35-10-13-15(31)5-4-14(26)17(13)25/h4-5,8-9,18-20H,6-7,10H2,1-3H3/t18-,19-,20-/m0/s1. The SMILES string of the molecule is Cc1cc(C(F)(F)F)cc(N2C(=O)[C@H]3OC(C)(C)O[C@H]3[C@H]2C(=O)N2CCOCc3c2ccc(F)c3Cl)n1. The van der Waals surface area contributed by atoms with Gasteiger partial charge in [0.15, 0.2) is 11.9 Å². The molecule has 3 aliphatic rings. The van der Waals surface area contributed by atoms with Crippen LogP contribution < -0.4 is 9.80 Å². The number of rotatable bonds is 2. The van der Waals surface area contributed by atoms with Gasteiger partial charge in [0.1, 0.15) is 23.8 Å². The van der Waals surface area contributed by atoms with E-state index < -0.39 is 53.4 Å². The number of benzene rings is 1. The second-order valence-electron chi connectivity index (χ2n) is 9.43. The van der Waals surface area contributed by atoms with Crippen LogP contribution in [0.4, 0.5) is 29.1 Å². The zero-order valence-corrected chi connectivity index (χ0v) is 20.7. The maximum atomic E-state index is 14.2. The highest BCUT2D eigenvalue weighted by molar-refractivity contribution is 6.32. The Kier molecular flexibility index (Phi) is 6.21. The first-order valence-corrected chi connectivity index (χ1v) is 11.8. The van der Waals surface area contributed by atoms with Gasteiger partial charge in [0.25, 0.3) is 11.8 Å². The number of carbonyl (C=O) groups is 2. The smallest absolute Gasteiger partial charge is 0.375 e. The molecule has 0 bridgehead atoms. The van der Waals surface area contributed by atoms with Crippen molar-refractivity contribution in [2.75, 3.05) is 23.0 Å². The molecule has 5 rings (SSSR count). The molecule has 1 aromatic carbocycles. The van der Waals surface area contributed by atoms with Gasteiger partial charge in [0, 0.05) is 17.8 Å². The Balaban J connectivity index is 1.63. The van der Waals surface area contributed by atoms with Crippen molar-refractivity contribution in [2.45, 2.75) is 57.6 Å². The summed E-state index contributed by atoms with van der Waals surface area (Å²) in [6.45, 7) is 4.51. The fourth-order valence-corrected chi connectivity index (χ4v) is 5.10. The number of hydrogen-bond acceptors (Lipinski definition) is 6. The Morgan fingerprint density at radius 2 is 1.95 bits per heavy atom. The molecule has 2 aromatic rings. The molecule has 13 heteroatoms. The molecule has 2 amide bonds. The van der Waals surface area contributed by atoms with Gasteiger partial charge < -0.3 is 19.1 Å². The number of carbonyl (C=O) groups excluding carboxylic acids is 2. The van der Waals surface area contributed by atoms with E-state index in [0.29, 0.717) is 6.07 Å². The normalized spacial score (nSPS) is 25.2. The van der Waals surface area contributed by atoms with Gasteiger partial charge in [0.05, 0.1) is 29.5 Å². The second-order valence-corrected chi connectivity index (χ2v) is 9.81. The molecule has 3 atom stereocenters. The number of fused-ring (bicyclic) bond motifs is 2. The van der Waals surface area contributed by atoms with E-state index >= 15 is 0 Å². The van der Waals surface area contributed by atoms with E-state index in [0.717, 1.165) is 17.0 Å². The van der Waals surface area contributed by atoms with Crippen LogP contribution in [0.5, 0.6) is 0 Å². The largest absolute Gasteiger partial charge is 0.416 e. The van der Waals surface area contributed by atoms with E-state index in [1.165, 1.54) is 17.9 Å². The highest BCUT2D eigenvalue weighted by atomic mass is 35.5. The molecule has 4 heterocycles. The number of amides is 2. The predicted molar refractivity (Wildman–Crippen MR) is 122 cm³/mol. The van der Waals surface area contributed by atoms with Crippen LogP contribution in [-0.4, -0.2) is 54.0 Å². The average molecular weight is 544 g/mol. The maximum absolute atomic E-state index is 14.2. The lowest BCUT2D eigenvalue weighted by Crippen LogP contribution is -2.53. The van der Waals surface area contributed by atoms with Crippen LogP contribution in [0.25, 0.3) is 0 Å². The molecular weight excluding hydrogens is 522 g/mol. The molecule has 8 nitrogen and oxygen atoms in total. The van der Waals surface area contributed by atoms with Crippen molar-refractivity contribution in [2.24, 2.45) is 0 Å². The van der Waals surface area contributed by atoms with Gasteiger partial charge in [-0.15, -0.1) is 0 Å². The Labute approximate surface area is 214 Å². The maximum Gasteiger partial charge on any atom is 0.416 e. The molecule has 0 N–H and O–H groups in total. The molecule has 0 radical (unpaired) electrons. The molecule has 2 saturated heterocycles. The number of alkyl halides is 3. The van der Waals surface area contributed by atoms with Crippen LogP contribution in [0.1, 0.15) is 30.7 Å². The Hall–Kier alpha value is -2.80. The second kappa shape index (κ2) is 8.90. The van der Waals surface area contributed by atoms with Crippen molar-refractivity contribution in [1.82, 2.24) is 4.98 Å². The number of anilines is 2. The number of aryl methyl sites for hydroxylation is 1. The number of hydrogen-bond donors (Lipinski definition) is 0. The quantitative estimate of drug-likeness (QED) is 0.533. The summed E-state index contributed by atoms with van der Waals surface area (Å²) in [4.78, 5) is 33.9. The monoisotopic (exact) mass is 543 g/mol. The number of pyridine rings is 1. The number of aromatic nitrogens is 1. The van der Waals surface area contributed by atoms with Gasteiger partial charge in [-0.25, -0.2) is 9.37 Å². The highest BCUT2D eigenvalue weighted by Crippen LogP contribution is 2.42. The zero-order valence-electron chi connectivity index (χ0n) is 19.9. The van der Waals surface area contributed by atoms with Crippen molar-refractivity contribution in [3.05, 3.63) is 51.9 Å². The Bertz CT molecular complexity index is 1290. The highest BCUT2D eigenvalue weighted by Gasteiger charge is 2.61. The fourth-order valence-electron chi connectivity index (χ4n) is 4.89. The van der Waals surface area contributed by atoms with Crippen LogP contribution in [0.2, 0.25) is 5.02 Å². The van der Waals surface area contributed by atoms with Crippen LogP contribution >= 0.6 is 11.6 Å². The van der Waals surface area contributed by atoms with Gasteiger partial charge in [0.2, 0.25) is 0 Å². The molecule has 0 unspecified atom stereocenters. The molecule has 3 aliphatic heterocycles. The Morgan fingerprint density at radius 1 is 1.22 bits per heavy atom. The number of halogens is 5. The lowest BCUT2D eigenvalue weighted by Gasteiger charge is -2.33. The average Bonchev–Trinajstić information content (AvgIpc) is 3.14. The number of nitrogens with zero attached hydrogens (tertiary/aromatic N) is 3. The van der Waals surface area contributed by atoms with E-state index in [9.17, 15) is 27.2 Å². The summed E-state index contributed by atoms with van der Waals surface area (Å²) in [5.41, 5.74) is -0.532. The minimum absolute atomic E-state index is 0.00109. The van der Waals surface area contributed by atoms with Gasteiger partial charge in [-0.2, -0.15) is 13.2 Å². The molecule has 0 saturated carbocycles. The molecule has 2 fully saturated rings. The number of ether oxygens (including phenoxy) is 3. The van der Waals surface area contributed by atoms with E-state index in [-0.39, 0.29) is 47.5 Å². The first-order valence-electron chi connectivity index (χ1n) is 11.4. The summed E-state index contributed by atoms with van der Waals surface area (Å²) in [6.07, 6.45) is -7.10. The van der Waals surface area contributed by atoms with E-state index in [1.54, 1.807) is 13.8 Å². The third-order valence-corrected chi connectivity index (χ3v) is 6.81. The van der Waals surface area contributed by atoms with Gasteiger partial charge >= 0.3 is 6.18 Å². The summed E-state index contributed by atoms with van der Waals surface area (Å²) in [5.74, 6) is -3.73. The first-order chi connectivity index (χ1) is 17.3. The lowest BCUT2D eigenvalue weighted by atomic mass is 10.1. The Morgan fingerprint density at radius 3 is 2.65 bits per heavy atom. The van der Waals surface area contributed by atoms with Crippen LogP contribution in [-0.2, 0) is 36.6 Å². The van der Waals surface area contributed by atoms with E-state index in [2.05, 4.69) is 4.98 Å². The van der Waals surface area contributed by atoms with E-state index in [4.69, 9.17) is 25.8 Å². The summed E-state index contributed by atoms with van der Waals surface area (Å²) < 4.78 is 72.0. The topological polar surface area (TPSA) is 81.2 Å². The summed E-state index contributed by atoms with van der Waals surface area (Å²) in [7, 11) is 0. The zero-order chi connectivity index (χ0) is 26.9. The fraction of sp³-hybridized carbons (Fsp3) is 0.458. The van der Waals surface area contributed by atoms with Gasteiger partial charge in [-0.1, -0.05) is 11.6 Å². The van der Waals surface area contributed by atoms with Gasteiger partial charge in [-0.05, 0) is 45.0 Å². The third-order valence-electron chi connectivity index (χ3n) is 6.40. The van der Waals surface area contributed by atoms with Crippen molar-refractivity contribution >= 4 is 34.9 Å². The van der Waals surface area contributed by atoms with Gasteiger partial charge in [-0.3, -0.25) is 14.5 Å². The summed E-state index contributed by atoms with van der Waals surface area (Å²) >= 11 is 6.15. The minimum Gasteiger partial charge on any atom is -0.375 e. The van der Waals surface area contributed by atoms with Crippen LogP contribution in [0.15, 0.2) is 24.3 Å². The summed E-state index contributed by atoms with van der Waals surface area (Å²) in [5, 5.41) is -0.216. The molecular formula is C24H22ClF4N3O5. The lowest BCUT2D eigenvalue weighted by molar-refractivity contribution is -0.161. The third kappa shape index (κ3) is 4.45. The van der Waals surface area contributed by atoms with Crippen LogP contribution in [0, 0.1) is 12.7 Å².